The van der Waals surface area contributed by atoms with Crippen molar-refractivity contribution in [2.45, 2.75) is 12.6 Å². The lowest BCUT2D eigenvalue weighted by molar-refractivity contribution is -0.122. The molecule has 2 amide bonds. The molecule has 0 heterocycles. The van der Waals surface area contributed by atoms with E-state index in [1.165, 1.54) is 0 Å². The standard InChI is InChI=1S/C17H18N2O2S/c20-16(14-9-5-2-6-10-14)19-15(12-22)17(21)18-11-13-7-3-1-4-8-13/h1-10,15,22H,11-12H2,(H,18,21)(H,19,20)/t15-/m0/s1. The SMILES string of the molecule is O=C(N[C@@H](CS)C(=O)NCc1ccccc1)c1ccccc1. The Morgan fingerprint density at radius 1 is 0.955 bits per heavy atom. The van der Waals surface area contributed by atoms with Gasteiger partial charge in [0, 0.05) is 17.9 Å². The van der Waals surface area contributed by atoms with E-state index in [0.717, 1.165) is 5.56 Å². The van der Waals surface area contributed by atoms with Gasteiger partial charge in [-0.25, -0.2) is 0 Å². The van der Waals surface area contributed by atoms with Crippen LogP contribution in [0.25, 0.3) is 0 Å². The zero-order valence-corrected chi connectivity index (χ0v) is 12.9. The maximum absolute atomic E-state index is 12.1. The number of amides is 2. The van der Waals surface area contributed by atoms with Gasteiger partial charge in [0.05, 0.1) is 0 Å². The summed E-state index contributed by atoms with van der Waals surface area (Å²) in [6.07, 6.45) is 0. The number of carbonyl (C=O) groups excluding carboxylic acids is 2. The molecule has 0 spiro atoms. The van der Waals surface area contributed by atoms with Crippen LogP contribution in [0.3, 0.4) is 0 Å². The molecule has 0 fully saturated rings. The van der Waals surface area contributed by atoms with Crippen molar-refractivity contribution in [3.63, 3.8) is 0 Å². The molecule has 2 aromatic carbocycles. The molecule has 0 aliphatic heterocycles. The largest absolute Gasteiger partial charge is 0.350 e. The van der Waals surface area contributed by atoms with Gasteiger partial charge in [0.25, 0.3) is 5.91 Å². The lowest BCUT2D eigenvalue weighted by Crippen LogP contribution is -2.47. The number of nitrogens with one attached hydrogen (secondary N) is 2. The van der Waals surface area contributed by atoms with Crippen LogP contribution in [0.4, 0.5) is 0 Å². The molecule has 0 radical (unpaired) electrons. The molecule has 2 aromatic rings. The molecule has 5 heteroatoms. The highest BCUT2D eigenvalue weighted by molar-refractivity contribution is 7.80. The summed E-state index contributed by atoms with van der Waals surface area (Å²) >= 11 is 4.15. The number of hydrogen-bond acceptors (Lipinski definition) is 3. The summed E-state index contributed by atoms with van der Waals surface area (Å²) in [5.41, 5.74) is 1.52. The molecule has 0 unspecified atom stereocenters. The molecule has 0 bridgehead atoms. The first kappa shape index (κ1) is 16.1. The van der Waals surface area contributed by atoms with Crippen molar-refractivity contribution in [1.29, 1.82) is 0 Å². The number of hydrogen-bond donors (Lipinski definition) is 3. The first-order valence-corrected chi connectivity index (χ1v) is 7.62. The van der Waals surface area contributed by atoms with Gasteiger partial charge in [-0.2, -0.15) is 12.6 Å². The Morgan fingerprint density at radius 2 is 1.55 bits per heavy atom. The number of carbonyl (C=O) groups is 2. The van der Waals surface area contributed by atoms with E-state index < -0.39 is 6.04 Å². The van der Waals surface area contributed by atoms with Crippen molar-refractivity contribution >= 4 is 24.4 Å². The molecule has 0 saturated carbocycles. The Balaban J connectivity index is 1.90. The van der Waals surface area contributed by atoms with Gasteiger partial charge in [0.1, 0.15) is 6.04 Å². The van der Waals surface area contributed by atoms with Crippen LogP contribution in [0.2, 0.25) is 0 Å². The van der Waals surface area contributed by atoms with Gasteiger partial charge in [0.2, 0.25) is 5.91 Å². The number of rotatable bonds is 6. The third-order valence-electron chi connectivity index (χ3n) is 3.15. The second-order valence-corrected chi connectivity index (χ2v) is 5.14. The minimum absolute atomic E-state index is 0.235. The predicted molar refractivity (Wildman–Crippen MR) is 89.8 cm³/mol. The van der Waals surface area contributed by atoms with Crippen LogP contribution in [0.5, 0.6) is 0 Å². The molecule has 2 rings (SSSR count). The Labute approximate surface area is 135 Å². The maximum Gasteiger partial charge on any atom is 0.251 e. The van der Waals surface area contributed by atoms with Crippen LogP contribution in [0.15, 0.2) is 60.7 Å². The van der Waals surface area contributed by atoms with Crippen molar-refractivity contribution in [3.8, 4) is 0 Å². The van der Waals surface area contributed by atoms with Crippen LogP contribution in [0, 0.1) is 0 Å². The lowest BCUT2D eigenvalue weighted by Gasteiger charge is -2.16. The van der Waals surface area contributed by atoms with Gasteiger partial charge in [0.15, 0.2) is 0 Å². The third-order valence-corrected chi connectivity index (χ3v) is 3.52. The van der Waals surface area contributed by atoms with Crippen molar-refractivity contribution in [1.82, 2.24) is 10.6 Å². The fraction of sp³-hybridized carbons (Fsp3) is 0.176. The van der Waals surface area contributed by atoms with Crippen LogP contribution in [-0.2, 0) is 11.3 Å². The molecule has 0 aliphatic carbocycles. The molecular formula is C17H18N2O2S. The Bertz CT molecular complexity index is 617. The summed E-state index contributed by atoms with van der Waals surface area (Å²) in [5, 5.41) is 5.50. The predicted octanol–water partition coefficient (Wildman–Crippen LogP) is 2.03. The van der Waals surface area contributed by atoms with Crippen LogP contribution in [-0.4, -0.2) is 23.6 Å². The average Bonchev–Trinajstić information content (AvgIpc) is 2.59. The molecule has 1 atom stereocenters. The topological polar surface area (TPSA) is 58.2 Å². The molecule has 22 heavy (non-hydrogen) atoms. The molecule has 2 N–H and O–H groups in total. The Kier molecular flexibility index (Phi) is 6.03. The zero-order chi connectivity index (χ0) is 15.8. The van der Waals surface area contributed by atoms with Crippen LogP contribution < -0.4 is 10.6 Å². The summed E-state index contributed by atoms with van der Waals surface area (Å²) in [5.74, 6) is -0.295. The molecule has 114 valence electrons. The van der Waals surface area contributed by atoms with Crippen LogP contribution in [0.1, 0.15) is 15.9 Å². The monoisotopic (exact) mass is 314 g/mol. The van der Waals surface area contributed by atoms with E-state index in [-0.39, 0.29) is 17.6 Å². The average molecular weight is 314 g/mol. The van der Waals surface area contributed by atoms with Gasteiger partial charge in [-0.1, -0.05) is 48.5 Å². The highest BCUT2D eigenvalue weighted by Gasteiger charge is 2.19. The molecule has 4 nitrogen and oxygen atoms in total. The fourth-order valence-electron chi connectivity index (χ4n) is 1.93. The van der Waals surface area contributed by atoms with Crippen molar-refractivity contribution in [3.05, 3.63) is 71.8 Å². The highest BCUT2D eigenvalue weighted by Crippen LogP contribution is 2.01. The Hall–Kier alpha value is -2.27. The third kappa shape index (κ3) is 4.63. The zero-order valence-electron chi connectivity index (χ0n) is 12.0. The smallest absolute Gasteiger partial charge is 0.251 e. The van der Waals surface area contributed by atoms with E-state index in [1.807, 2.05) is 36.4 Å². The first-order chi connectivity index (χ1) is 10.7. The molecule has 0 aliphatic rings. The highest BCUT2D eigenvalue weighted by atomic mass is 32.1. The molecule has 0 aromatic heterocycles. The Morgan fingerprint density at radius 3 is 2.14 bits per heavy atom. The van der Waals surface area contributed by atoms with E-state index in [1.54, 1.807) is 24.3 Å². The van der Waals surface area contributed by atoms with Crippen molar-refractivity contribution in [2.75, 3.05) is 5.75 Å². The number of thiol groups is 1. The lowest BCUT2D eigenvalue weighted by atomic mass is 10.2. The van der Waals surface area contributed by atoms with E-state index in [9.17, 15) is 9.59 Å². The van der Waals surface area contributed by atoms with Gasteiger partial charge in [-0.3, -0.25) is 9.59 Å². The van der Waals surface area contributed by atoms with E-state index in [4.69, 9.17) is 0 Å². The summed E-state index contributed by atoms with van der Waals surface area (Å²) in [6.45, 7) is 0.422. The van der Waals surface area contributed by atoms with Crippen LogP contribution >= 0.6 is 12.6 Å². The minimum atomic E-state index is -0.667. The van der Waals surface area contributed by atoms with E-state index in [2.05, 4.69) is 23.3 Å². The second-order valence-electron chi connectivity index (χ2n) is 4.78. The fourth-order valence-corrected chi connectivity index (χ4v) is 2.19. The first-order valence-electron chi connectivity index (χ1n) is 6.99. The van der Waals surface area contributed by atoms with Crippen molar-refractivity contribution in [2.24, 2.45) is 0 Å². The normalized spacial score (nSPS) is 11.5. The van der Waals surface area contributed by atoms with Gasteiger partial charge in [-0.15, -0.1) is 0 Å². The van der Waals surface area contributed by atoms with Gasteiger partial charge >= 0.3 is 0 Å². The molecule has 0 saturated heterocycles. The summed E-state index contributed by atoms with van der Waals surface area (Å²) in [6, 6.07) is 17.7. The summed E-state index contributed by atoms with van der Waals surface area (Å²) in [7, 11) is 0. The quantitative estimate of drug-likeness (QED) is 0.715. The summed E-state index contributed by atoms with van der Waals surface area (Å²) in [4.78, 5) is 24.2. The van der Waals surface area contributed by atoms with Crippen molar-refractivity contribution < 1.29 is 9.59 Å². The minimum Gasteiger partial charge on any atom is -0.350 e. The van der Waals surface area contributed by atoms with Gasteiger partial charge in [-0.05, 0) is 17.7 Å². The van der Waals surface area contributed by atoms with Gasteiger partial charge < -0.3 is 10.6 Å². The number of benzene rings is 2. The summed E-state index contributed by atoms with van der Waals surface area (Å²) < 4.78 is 0. The maximum atomic E-state index is 12.1. The second kappa shape index (κ2) is 8.24. The molecular weight excluding hydrogens is 296 g/mol. The van der Waals surface area contributed by atoms with E-state index in [0.29, 0.717) is 12.1 Å². The van der Waals surface area contributed by atoms with E-state index >= 15 is 0 Å².